The van der Waals surface area contributed by atoms with Crippen LogP contribution in [0.2, 0.25) is 5.54 Å². The number of nitrogens with one attached hydrogen (secondary N) is 1. The van der Waals surface area contributed by atoms with Crippen molar-refractivity contribution in [1.29, 1.82) is 0 Å². The smallest absolute Gasteiger partial charge is 0.0663 e. The maximum absolute atomic E-state index is 3.11. The Balaban J connectivity index is 0.000000347. The first-order chi connectivity index (χ1) is 9.80. The van der Waals surface area contributed by atoms with Gasteiger partial charge in [-0.25, -0.2) is 0 Å². The van der Waals surface area contributed by atoms with Crippen molar-refractivity contribution >= 4 is 14.7 Å². The van der Waals surface area contributed by atoms with Crippen LogP contribution in [0, 0.1) is 0 Å². The maximum atomic E-state index is 3.11. The first kappa shape index (κ1) is 16.9. The highest BCUT2D eigenvalue weighted by molar-refractivity contribution is 6.56. The van der Waals surface area contributed by atoms with Gasteiger partial charge in [-0.1, -0.05) is 86.5 Å². The van der Waals surface area contributed by atoms with Gasteiger partial charge >= 0.3 is 0 Å². The molecule has 0 saturated carbocycles. The lowest BCUT2D eigenvalue weighted by Gasteiger charge is -2.03. The van der Waals surface area contributed by atoms with Crippen molar-refractivity contribution < 1.29 is 0 Å². The third kappa shape index (κ3) is 6.87. The first-order valence-corrected chi connectivity index (χ1v) is 9.46. The largest absolute Gasteiger partial charge is 0.317 e. The highest BCUT2D eigenvalue weighted by Crippen LogP contribution is 2.22. The zero-order valence-electron chi connectivity index (χ0n) is 13.2. The zero-order chi connectivity index (χ0) is 14.6. The molecule has 1 N–H and O–H groups in total. The summed E-state index contributed by atoms with van der Waals surface area (Å²) in [5, 5.41) is 4.68. The van der Waals surface area contributed by atoms with Crippen molar-refractivity contribution in [2.75, 3.05) is 13.1 Å². The summed E-state index contributed by atoms with van der Waals surface area (Å²) in [6, 6.07) is 10.9. The Morgan fingerprint density at radius 3 is 2.30 bits per heavy atom. The molecule has 1 aliphatic rings. The molecule has 1 unspecified atom stereocenters. The van der Waals surface area contributed by atoms with E-state index in [0.717, 1.165) is 18.6 Å². The molecule has 0 aliphatic heterocycles. The fraction of sp³-hybridized carbons (Fsp3) is 0.444. The molecule has 2 heteroatoms. The minimum absolute atomic E-state index is 0.147. The summed E-state index contributed by atoms with van der Waals surface area (Å²) in [6.45, 7) is 8.64. The first-order valence-electron chi connectivity index (χ1n) is 7.93. The Kier molecular flexibility index (Phi) is 9.01. The highest BCUT2D eigenvalue weighted by Gasteiger charge is 2.09. The van der Waals surface area contributed by atoms with Crippen LogP contribution < -0.4 is 10.5 Å². The van der Waals surface area contributed by atoms with Gasteiger partial charge in [0.15, 0.2) is 0 Å². The Morgan fingerprint density at radius 2 is 1.75 bits per heavy atom. The summed E-state index contributed by atoms with van der Waals surface area (Å²) in [7, 11) is -0.147. The van der Waals surface area contributed by atoms with E-state index in [4.69, 9.17) is 0 Å². The Labute approximate surface area is 127 Å². The van der Waals surface area contributed by atoms with Gasteiger partial charge in [-0.2, -0.15) is 0 Å². The molecule has 0 amide bonds. The third-order valence-electron chi connectivity index (χ3n) is 3.34. The minimum atomic E-state index is -0.147. The quantitative estimate of drug-likeness (QED) is 0.793. The van der Waals surface area contributed by atoms with E-state index >= 15 is 0 Å². The lowest BCUT2D eigenvalue weighted by Crippen LogP contribution is -2.16. The average molecular weight is 288 g/mol. The van der Waals surface area contributed by atoms with Crippen LogP contribution in [-0.2, 0) is 0 Å². The Morgan fingerprint density at radius 1 is 1.05 bits per heavy atom. The van der Waals surface area contributed by atoms with Crippen molar-refractivity contribution in [3.05, 3.63) is 54.1 Å². The van der Waals surface area contributed by atoms with Gasteiger partial charge < -0.3 is 5.32 Å². The van der Waals surface area contributed by atoms with Crippen molar-refractivity contribution in [2.45, 2.75) is 39.2 Å². The summed E-state index contributed by atoms with van der Waals surface area (Å²) < 4.78 is 0. The molecule has 1 aromatic carbocycles. The summed E-state index contributed by atoms with van der Waals surface area (Å²) in [5.74, 6) is 0. The van der Waals surface area contributed by atoms with Crippen LogP contribution in [0.5, 0.6) is 0 Å². The second-order valence-electron chi connectivity index (χ2n) is 5.16. The van der Waals surface area contributed by atoms with E-state index in [1.165, 1.54) is 12.8 Å². The molecule has 0 spiro atoms. The molecule has 110 valence electrons. The number of rotatable bonds is 6. The third-order valence-corrected chi connectivity index (χ3v) is 5.26. The second kappa shape index (κ2) is 10.6. The van der Waals surface area contributed by atoms with Gasteiger partial charge in [0.1, 0.15) is 0 Å². The molecule has 0 bridgehead atoms. The molecule has 0 radical (unpaired) electrons. The van der Waals surface area contributed by atoms with Gasteiger partial charge in [0.25, 0.3) is 0 Å². The molecule has 2 rings (SSSR count). The van der Waals surface area contributed by atoms with Crippen molar-refractivity contribution in [3.63, 3.8) is 0 Å². The zero-order valence-corrected chi connectivity index (χ0v) is 14.6. The average Bonchev–Trinajstić information content (AvgIpc) is 2.89. The fourth-order valence-corrected chi connectivity index (χ4v) is 4.13. The molecule has 0 aromatic heterocycles. The maximum Gasteiger partial charge on any atom is 0.0663 e. The molecule has 20 heavy (non-hydrogen) atoms. The van der Waals surface area contributed by atoms with E-state index in [1.54, 1.807) is 10.8 Å². The molecule has 0 fully saturated rings. The van der Waals surface area contributed by atoms with Crippen LogP contribution in [0.3, 0.4) is 0 Å². The van der Waals surface area contributed by atoms with Gasteiger partial charge in [-0.15, -0.1) is 0 Å². The number of benzene rings is 1. The highest BCUT2D eigenvalue weighted by atomic mass is 28.2. The predicted octanol–water partition coefficient (Wildman–Crippen LogP) is 3.18. The summed E-state index contributed by atoms with van der Waals surface area (Å²) in [6.07, 6.45) is 9.70. The topological polar surface area (TPSA) is 12.0 Å². The van der Waals surface area contributed by atoms with Gasteiger partial charge in [0.05, 0.1) is 9.52 Å². The van der Waals surface area contributed by atoms with Crippen molar-refractivity contribution in [1.82, 2.24) is 5.32 Å². The van der Waals surface area contributed by atoms with Gasteiger partial charge in [0, 0.05) is 0 Å². The lowest BCUT2D eigenvalue weighted by molar-refractivity contribution is 0.762. The van der Waals surface area contributed by atoms with E-state index in [0.29, 0.717) is 0 Å². The molecule has 1 aliphatic carbocycles. The van der Waals surface area contributed by atoms with E-state index < -0.39 is 0 Å². The van der Waals surface area contributed by atoms with Gasteiger partial charge in [0.2, 0.25) is 0 Å². The normalized spacial score (nSPS) is 17.1. The predicted molar refractivity (Wildman–Crippen MR) is 94.7 cm³/mol. The van der Waals surface area contributed by atoms with Gasteiger partial charge in [-0.3, -0.25) is 0 Å². The molecule has 0 heterocycles. The Hall–Kier alpha value is -1.12. The molecule has 1 nitrogen and oxygen atoms in total. The lowest BCUT2D eigenvalue weighted by atomic mass is 10.2. The SMILES string of the molecule is CCCC1=CC([SiH2]c2ccccc2)C=C1.CCNCC. The fourth-order valence-electron chi connectivity index (χ4n) is 2.35. The van der Waals surface area contributed by atoms with Gasteiger partial charge in [-0.05, 0) is 25.1 Å². The van der Waals surface area contributed by atoms with Crippen molar-refractivity contribution in [3.8, 4) is 0 Å². The number of hydrogen-bond acceptors (Lipinski definition) is 1. The summed E-state index contributed by atoms with van der Waals surface area (Å²) in [5.41, 5.74) is 2.31. The van der Waals surface area contributed by atoms with E-state index in [-0.39, 0.29) is 9.52 Å². The molecule has 0 saturated heterocycles. The van der Waals surface area contributed by atoms with Crippen LogP contribution in [0.15, 0.2) is 54.1 Å². The van der Waals surface area contributed by atoms with Crippen LogP contribution in [0.4, 0.5) is 0 Å². The second-order valence-corrected chi connectivity index (χ2v) is 7.33. The van der Waals surface area contributed by atoms with Crippen LogP contribution in [-0.4, -0.2) is 22.6 Å². The number of hydrogen-bond donors (Lipinski definition) is 1. The summed E-state index contributed by atoms with van der Waals surface area (Å²) >= 11 is 0. The van der Waals surface area contributed by atoms with Crippen LogP contribution >= 0.6 is 0 Å². The minimum Gasteiger partial charge on any atom is -0.317 e. The monoisotopic (exact) mass is 287 g/mol. The van der Waals surface area contributed by atoms with E-state index in [2.05, 4.69) is 74.6 Å². The molecule has 1 atom stereocenters. The number of allylic oxidation sites excluding steroid dienone is 4. The van der Waals surface area contributed by atoms with Crippen LogP contribution in [0.1, 0.15) is 33.6 Å². The molecular weight excluding hydrogens is 258 g/mol. The van der Waals surface area contributed by atoms with Crippen molar-refractivity contribution in [2.24, 2.45) is 0 Å². The van der Waals surface area contributed by atoms with Crippen LogP contribution in [0.25, 0.3) is 0 Å². The molecular formula is C18H29NSi. The Bertz CT molecular complexity index is 407. The molecule has 1 aromatic rings. The van der Waals surface area contributed by atoms with E-state index in [1.807, 2.05) is 0 Å². The van der Waals surface area contributed by atoms with E-state index in [9.17, 15) is 0 Å². The standard InChI is InChI=1S/C14H18Si.C4H11N/c1-2-6-12-9-10-14(11-12)15-13-7-4-3-5-8-13;1-3-5-4-2/h3-5,7-11,14H,2,6,15H2,1H3;5H,3-4H2,1-2H3. The summed E-state index contributed by atoms with van der Waals surface area (Å²) in [4.78, 5) is 0.